The lowest BCUT2D eigenvalue weighted by Gasteiger charge is -2.03. The van der Waals surface area contributed by atoms with Crippen LogP contribution in [0.25, 0.3) is 16.6 Å². The molecule has 0 fully saturated rings. The molecule has 0 atom stereocenters. The number of methoxy groups -OCH3 is 1. The maximum atomic E-state index is 12.2. The largest absolute Gasteiger partial charge is 0.463 e. The Morgan fingerprint density at radius 1 is 1.27 bits per heavy atom. The topological polar surface area (TPSA) is 61.2 Å². The van der Waals surface area contributed by atoms with E-state index in [4.69, 9.17) is 11.6 Å². The van der Waals surface area contributed by atoms with E-state index in [2.05, 4.69) is 9.72 Å². The Bertz CT molecular complexity index is 872. The number of rotatable bonds is 3. The number of nitrogens with zero attached hydrogens (tertiary/aromatic N) is 2. The highest BCUT2D eigenvalue weighted by atomic mass is 35.5. The summed E-state index contributed by atoms with van der Waals surface area (Å²) < 4.78 is 6.30. The van der Waals surface area contributed by atoms with Crippen LogP contribution in [-0.2, 0) is 9.53 Å². The van der Waals surface area contributed by atoms with E-state index in [-0.39, 0.29) is 5.56 Å². The van der Waals surface area contributed by atoms with Gasteiger partial charge < -0.3 is 9.30 Å². The van der Waals surface area contributed by atoms with Crippen molar-refractivity contribution < 1.29 is 14.3 Å². The highest BCUT2D eigenvalue weighted by Gasteiger charge is 2.22. The first kappa shape index (κ1) is 14.3. The molecule has 6 heteroatoms. The second-order valence-electron chi connectivity index (χ2n) is 4.61. The predicted octanol–water partition coefficient (Wildman–Crippen LogP) is 3.03. The van der Waals surface area contributed by atoms with E-state index in [0.717, 1.165) is 11.2 Å². The fraction of sp³-hybridized carbons (Fsp3) is 0.0625. The fourth-order valence-electron chi connectivity index (χ4n) is 2.30. The molecule has 22 heavy (non-hydrogen) atoms. The zero-order valence-electron chi connectivity index (χ0n) is 11.6. The van der Waals surface area contributed by atoms with Gasteiger partial charge in [0, 0.05) is 22.8 Å². The molecule has 0 saturated heterocycles. The fourth-order valence-corrected chi connectivity index (χ4v) is 2.47. The Morgan fingerprint density at radius 3 is 2.77 bits per heavy atom. The lowest BCUT2D eigenvalue weighted by Crippen LogP contribution is -2.15. The average molecular weight is 315 g/mol. The minimum Gasteiger partial charge on any atom is -0.463 e. The van der Waals surface area contributed by atoms with Crippen LogP contribution in [0.5, 0.6) is 0 Å². The number of esters is 1. The molecule has 0 amide bonds. The van der Waals surface area contributed by atoms with Gasteiger partial charge >= 0.3 is 5.97 Å². The number of benzene rings is 1. The van der Waals surface area contributed by atoms with E-state index < -0.39 is 11.8 Å². The molecule has 0 aliphatic carbocycles. The number of fused-ring (bicyclic) bond motifs is 1. The van der Waals surface area contributed by atoms with Gasteiger partial charge in [-0.25, -0.2) is 4.79 Å². The highest BCUT2D eigenvalue weighted by Crippen LogP contribution is 2.28. The Balaban J connectivity index is 2.27. The maximum Gasteiger partial charge on any atom is 0.379 e. The van der Waals surface area contributed by atoms with E-state index in [1.165, 1.54) is 7.11 Å². The lowest BCUT2D eigenvalue weighted by molar-refractivity contribution is -0.135. The second-order valence-corrected chi connectivity index (χ2v) is 5.04. The summed E-state index contributed by atoms with van der Waals surface area (Å²) in [7, 11) is 1.17. The van der Waals surface area contributed by atoms with Gasteiger partial charge in [-0.2, -0.15) is 0 Å². The molecule has 3 aromatic rings. The van der Waals surface area contributed by atoms with Crippen LogP contribution in [0, 0.1) is 0 Å². The predicted molar refractivity (Wildman–Crippen MR) is 82.4 cm³/mol. The Labute approximate surface area is 131 Å². The molecule has 0 spiro atoms. The highest BCUT2D eigenvalue weighted by molar-refractivity contribution is 6.43. The number of aromatic nitrogens is 2. The summed E-state index contributed by atoms with van der Waals surface area (Å²) in [4.78, 5) is 27.8. The summed E-state index contributed by atoms with van der Waals surface area (Å²) in [6.07, 6.45) is 4.92. The summed E-state index contributed by atoms with van der Waals surface area (Å²) in [5, 5.41) is 1.07. The number of hydrogen-bond donors (Lipinski definition) is 0. The molecule has 3 rings (SSSR count). The third-order valence-electron chi connectivity index (χ3n) is 3.31. The van der Waals surface area contributed by atoms with Crippen LogP contribution in [0.4, 0.5) is 0 Å². The number of Topliss-reactive ketones (excluding diaryl/α,β-unsaturated/α-hetero) is 1. The molecule has 110 valence electrons. The van der Waals surface area contributed by atoms with Gasteiger partial charge in [-0.05, 0) is 30.3 Å². The normalized spacial score (nSPS) is 10.6. The molecule has 2 heterocycles. The van der Waals surface area contributed by atoms with E-state index in [1.54, 1.807) is 47.4 Å². The summed E-state index contributed by atoms with van der Waals surface area (Å²) in [6.45, 7) is 0. The summed E-state index contributed by atoms with van der Waals surface area (Å²) in [6, 6.07) is 8.81. The summed E-state index contributed by atoms with van der Waals surface area (Å²) >= 11 is 6.01. The minimum atomic E-state index is -0.912. The van der Waals surface area contributed by atoms with Gasteiger partial charge in [-0.1, -0.05) is 11.6 Å². The van der Waals surface area contributed by atoms with Crippen molar-refractivity contribution >= 4 is 34.3 Å². The van der Waals surface area contributed by atoms with Crippen LogP contribution in [0.1, 0.15) is 10.4 Å². The van der Waals surface area contributed by atoms with Gasteiger partial charge in [0.1, 0.15) is 0 Å². The molecule has 5 nitrogen and oxygen atoms in total. The van der Waals surface area contributed by atoms with E-state index >= 15 is 0 Å². The van der Waals surface area contributed by atoms with Gasteiger partial charge in [0.25, 0.3) is 5.78 Å². The van der Waals surface area contributed by atoms with E-state index in [1.807, 2.05) is 6.07 Å². The molecule has 0 bridgehead atoms. The molecule has 0 saturated carbocycles. The van der Waals surface area contributed by atoms with E-state index in [0.29, 0.717) is 10.4 Å². The van der Waals surface area contributed by atoms with Gasteiger partial charge in [0.05, 0.1) is 30.1 Å². The maximum absolute atomic E-state index is 12.2. The molecule has 1 aromatic carbocycles. The molecule has 0 unspecified atom stereocenters. The van der Waals surface area contributed by atoms with Crippen molar-refractivity contribution in [2.75, 3.05) is 7.11 Å². The van der Waals surface area contributed by atoms with Crippen LogP contribution < -0.4 is 0 Å². The number of carbonyl (C=O) groups is 2. The monoisotopic (exact) mass is 314 g/mol. The number of carbonyl (C=O) groups excluding carboxylic acids is 2. The zero-order valence-corrected chi connectivity index (χ0v) is 12.4. The van der Waals surface area contributed by atoms with Gasteiger partial charge in [-0.15, -0.1) is 0 Å². The number of pyridine rings is 1. The van der Waals surface area contributed by atoms with Gasteiger partial charge in [0.15, 0.2) is 0 Å². The van der Waals surface area contributed by atoms with Crippen LogP contribution in [0.15, 0.2) is 48.9 Å². The second kappa shape index (κ2) is 5.61. The van der Waals surface area contributed by atoms with Crippen LogP contribution in [0.2, 0.25) is 5.02 Å². The first-order chi connectivity index (χ1) is 10.6. The lowest BCUT2D eigenvalue weighted by atomic mass is 10.1. The van der Waals surface area contributed by atoms with Crippen LogP contribution in [0.3, 0.4) is 0 Å². The zero-order chi connectivity index (χ0) is 15.7. The van der Waals surface area contributed by atoms with E-state index in [9.17, 15) is 9.59 Å². The Kier molecular flexibility index (Phi) is 3.65. The van der Waals surface area contributed by atoms with Crippen molar-refractivity contribution in [1.82, 2.24) is 9.55 Å². The quantitative estimate of drug-likeness (QED) is 0.423. The van der Waals surface area contributed by atoms with Crippen molar-refractivity contribution in [3.63, 3.8) is 0 Å². The van der Waals surface area contributed by atoms with Crippen LogP contribution in [-0.4, -0.2) is 28.4 Å². The van der Waals surface area contributed by atoms with Crippen molar-refractivity contribution in [3.05, 3.63) is 59.5 Å². The third-order valence-corrected chi connectivity index (χ3v) is 3.54. The first-order valence-corrected chi connectivity index (χ1v) is 6.83. The van der Waals surface area contributed by atoms with Crippen molar-refractivity contribution in [1.29, 1.82) is 0 Å². The molecular formula is C16H11ClN2O3. The number of ether oxygens (including phenoxy) is 1. The first-order valence-electron chi connectivity index (χ1n) is 6.45. The summed E-state index contributed by atoms with van der Waals surface area (Å²) in [5.41, 5.74) is 1.77. The molecule has 0 aliphatic heterocycles. The van der Waals surface area contributed by atoms with Gasteiger partial charge in [-0.3, -0.25) is 9.78 Å². The smallest absolute Gasteiger partial charge is 0.379 e. The van der Waals surface area contributed by atoms with Crippen LogP contribution >= 0.6 is 11.6 Å². The van der Waals surface area contributed by atoms with Crippen molar-refractivity contribution in [2.45, 2.75) is 0 Å². The van der Waals surface area contributed by atoms with Crippen molar-refractivity contribution in [2.24, 2.45) is 0 Å². The van der Waals surface area contributed by atoms with Gasteiger partial charge in [0.2, 0.25) is 0 Å². The standard InChI is InChI=1S/C16H11ClN2O3/c1-22-16(21)15(20)13-9-19(11-3-2-6-18-8-11)14-5-4-10(17)7-12(13)14/h2-9H,1H3. The number of halogens is 1. The SMILES string of the molecule is COC(=O)C(=O)c1cn(-c2cccnc2)c2ccc(Cl)cc12. The molecule has 0 N–H and O–H groups in total. The third kappa shape index (κ3) is 2.35. The number of hydrogen-bond acceptors (Lipinski definition) is 4. The molecule has 0 radical (unpaired) electrons. The number of ketones is 1. The summed E-state index contributed by atoms with van der Waals surface area (Å²) in [5.74, 6) is -1.62. The molecule has 2 aromatic heterocycles. The Morgan fingerprint density at radius 2 is 2.09 bits per heavy atom. The average Bonchev–Trinajstić information content (AvgIpc) is 2.92. The minimum absolute atomic E-state index is 0.244. The van der Waals surface area contributed by atoms with Crippen molar-refractivity contribution in [3.8, 4) is 5.69 Å². The molecular weight excluding hydrogens is 304 g/mol. The Hall–Kier alpha value is -2.66. The molecule has 0 aliphatic rings.